The highest BCUT2D eigenvalue weighted by molar-refractivity contribution is 6.18. The first-order chi connectivity index (χ1) is 4.24. The molecule has 0 fully saturated rings. The van der Waals surface area contributed by atoms with Gasteiger partial charge in [-0.1, -0.05) is 24.2 Å². The molecule has 0 spiro atoms. The Labute approximate surface area is 70.9 Å². The second-order valence-electron chi connectivity index (χ2n) is 2.91. The lowest BCUT2D eigenvalue weighted by Crippen LogP contribution is -2.18. The van der Waals surface area contributed by atoms with Crippen molar-refractivity contribution in [3.05, 3.63) is 0 Å². The summed E-state index contributed by atoms with van der Waals surface area (Å²) in [5.74, 6) is 0. The average molecular weight is 193 g/mol. The van der Waals surface area contributed by atoms with Gasteiger partial charge in [0.1, 0.15) is 0 Å². The van der Waals surface area contributed by atoms with Crippen molar-refractivity contribution < 1.29 is 0 Å². The molecule has 0 aliphatic rings. The van der Waals surface area contributed by atoms with Crippen LogP contribution in [0, 0.1) is 5.41 Å². The Balaban J connectivity index is 3.82. The average Bonchev–Trinajstić information content (AvgIpc) is 1.95. The van der Waals surface area contributed by atoms with Crippen LogP contribution in [-0.2, 0) is 0 Å². The van der Waals surface area contributed by atoms with Crippen LogP contribution in [0.2, 0.25) is 24.2 Å². The monoisotopic (exact) mass is 192 g/mol. The van der Waals surface area contributed by atoms with Crippen LogP contribution in [0.5, 0.6) is 0 Å². The molecule has 0 heterocycles. The van der Waals surface area contributed by atoms with Crippen molar-refractivity contribution >= 4 is 41.0 Å². The highest BCUT2D eigenvalue weighted by atomic mass is 28.2. The molecule has 0 rings (SSSR count). The molecule has 0 atom stereocenters. The molecular formula is C5H20Si4. The lowest BCUT2D eigenvalue weighted by molar-refractivity contribution is 0.469. The SMILES string of the molecule is [SiH3]CC(C[SiH3])(C[SiH3])C[SiH3]. The van der Waals surface area contributed by atoms with Gasteiger partial charge in [-0.25, -0.2) is 0 Å². The van der Waals surface area contributed by atoms with Crippen molar-refractivity contribution in [3.8, 4) is 0 Å². The van der Waals surface area contributed by atoms with E-state index in [2.05, 4.69) is 0 Å². The Morgan fingerprint density at radius 3 is 0.889 bits per heavy atom. The van der Waals surface area contributed by atoms with Gasteiger partial charge in [0, 0.05) is 41.0 Å². The third kappa shape index (κ3) is 2.53. The van der Waals surface area contributed by atoms with E-state index in [-0.39, 0.29) is 0 Å². The lowest BCUT2D eigenvalue weighted by atomic mass is 9.98. The van der Waals surface area contributed by atoms with Crippen molar-refractivity contribution in [2.75, 3.05) is 0 Å². The van der Waals surface area contributed by atoms with E-state index in [0.29, 0.717) is 0 Å². The zero-order valence-electron chi connectivity index (χ0n) is 7.33. The van der Waals surface area contributed by atoms with Crippen molar-refractivity contribution in [2.45, 2.75) is 24.2 Å². The minimum Gasteiger partial charge on any atom is -0.0612 e. The number of hydrogen-bond donors (Lipinski definition) is 0. The van der Waals surface area contributed by atoms with Crippen LogP contribution in [-0.4, -0.2) is 41.0 Å². The van der Waals surface area contributed by atoms with Crippen LogP contribution in [0.15, 0.2) is 0 Å². The third-order valence-electron chi connectivity index (χ3n) is 3.00. The van der Waals surface area contributed by atoms with Gasteiger partial charge in [-0.15, -0.1) is 0 Å². The molecule has 0 aromatic heterocycles. The minimum atomic E-state index is 0.914. The normalized spacial score (nSPS) is 18.7. The van der Waals surface area contributed by atoms with Crippen molar-refractivity contribution in [1.82, 2.24) is 0 Å². The summed E-state index contributed by atoms with van der Waals surface area (Å²) >= 11 is 0. The van der Waals surface area contributed by atoms with E-state index in [1.54, 1.807) is 24.2 Å². The number of hydrogen-bond acceptors (Lipinski definition) is 0. The van der Waals surface area contributed by atoms with Gasteiger partial charge in [-0.05, 0) is 5.41 Å². The molecule has 0 aromatic carbocycles. The van der Waals surface area contributed by atoms with Gasteiger partial charge in [0.05, 0.1) is 0 Å². The largest absolute Gasteiger partial charge is 0.0612 e. The summed E-state index contributed by atoms with van der Waals surface area (Å²) < 4.78 is 0. The fourth-order valence-electron chi connectivity index (χ4n) is 1.50. The summed E-state index contributed by atoms with van der Waals surface area (Å²) in [5, 5.41) is 0. The molecule has 0 aromatic rings. The maximum Gasteiger partial charge on any atom is 0.00345 e. The first-order valence-corrected chi connectivity index (χ1v) is 9.90. The standard InChI is InChI=1S/C5H20Si4/c6-1-5(2-7,3-8)4-9/h1-4H2,6-9H3. The molecule has 56 valence electrons. The molecule has 0 radical (unpaired) electrons. The van der Waals surface area contributed by atoms with Gasteiger partial charge in [0.25, 0.3) is 0 Å². The fourth-order valence-corrected chi connectivity index (χ4v) is 13.5. The van der Waals surface area contributed by atoms with Crippen molar-refractivity contribution in [3.63, 3.8) is 0 Å². The second-order valence-corrected chi connectivity index (χ2v) is 5.74. The van der Waals surface area contributed by atoms with Crippen molar-refractivity contribution in [2.24, 2.45) is 5.41 Å². The number of rotatable bonds is 4. The molecule has 0 nitrogen and oxygen atoms in total. The van der Waals surface area contributed by atoms with Crippen LogP contribution in [0.3, 0.4) is 0 Å². The highest BCUT2D eigenvalue weighted by Gasteiger charge is 2.19. The third-order valence-corrected chi connectivity index (χ3v) is 9.00. The Bertz CT molecular complexity index is 51.8. The lowest BCUT2D eigenvalue weighted by Gasteiger charge is -2.28. The van der Waals surface area contributed by atoms with E-state index in [4.69, 9.17) is 0 Å². The molecule has 0 saturated carbocycles. The van der Waals surface area contributed by atoms with Gasteiger partial charge >= 0.3 is 0 Å². The molecule has 0 aliphatic heterocycles. The highest BCUT2D eigenvalue weighted by Crippen LogP contribution is 2.32. The molecule has 0 aliphatic carbocycles. The fraction of sp³-hybridized carbons (Fsp3) is 1.00. The predicted octanol–water partition coefficient (Wildman–Crippen LogP) is -2.89. The summed E-state index contributed by atoms with van der Waals surface area (Å²) in [6.07, 6.45) is 0. The Kier molecular flexibility index (Phi) is 5.10. The Morgan fingerprint density at radius 2 is 0.889 bits per heavy atom. The van der Waals surface area contributed by atoms with E-state index in [1.165, 1.54) is 41.0 Å². The van der Waals surface area contributed by atoms with Gasteiger partial charge in [0.2, 0.25) is 0 Å². The van der Waals surface area contributed by atoms with Gasteiger partial charge < -0.3 is 0 Å². The van der Waals surface area contributed by atoms with E-state index in [9.17, 15) is 0 Å². The van der Waals surface area contributed by atoms with Crippen LogP contribution in [0.4, 0.5) is 0 Å². The van der Waals surface area contributed by atoms with Crippen LogP contribution >= 0.6 is 0 Å². The van der Waals surface area contributed by atoms with Crippen LogP contribution in [0.1, 0.15) is 0 Å². The summed E-state index contributed by atoms with van der Waals surface area (Å²) in [7, 11) is 5.77. The summed E-state index contributed by atoms with van der Waals surface area (Å²) in [6.45, 7) is 0. The molecule has 0 saturated heterocycles. The maximum absolute atomic E-state index is 1.59. The predicted molar refractivity (Wildman–Crippen MR) is 61.4 cm³/mol. The topological polar surface area (TPSA) is 0 Å². The van der Waals surface area contributed by atoms with Gasteiger partial charge in [0.15, 0.2) is 0 Å². The van der Waals surface area contributed by atoms with E-state index in [1.807, 2.05) is 0 Å². The summed E-state index contributed by atoms with van der Waals surface area (Å²) in [6, 6.07) is 6.35. The molecule has 0 amide bonds. The first-order valence-electron chi connectivity index (χ1n) is 4.24. The van der Waals surface area contributed by atoms with E-state index < -0.39 is 0 Å². The van der Waals surface area contributed by atoms with Gasteiger partial charge in [-0.3, -0.25) is 0 Å². The van der Waals surface area contributed by atoms with Gasteiger partial charge in [-0.2, -0.15) is 0 Å². The summed E-state index contributed by atoms with van der Waals surface area (Å²) in [4.78, 5) is 0. The quantitative estimate of drug-likeness (QED) is 0.420. The molecule has 0 N–H and O–H groups in total. The molecule has 9 heavy (non-hydrogen) atoms. The van der Waals surface area contributed by atoms with Crippen LogP contribution < -0.4 is 0 Å². The van der Waals surface area contributed by atoms with Crippen molar-refractivity contribution in [1.29, 1.82) is 0 Å². The smallest absolute Gasteiger partial charge is 0.00345 e. The Hall–Kier alpha value is 0.868. The maximum atomic E-state index is 1.59. The zero-order chi connectivity index (χ0) is 7.33. The molecule has 4 heteroatoms. The van der Waals surface area contributed by atoms with E-state index >= 15 is 0 Å². The Morgan fingerprint density at radius 1 is 0.667 bits per heavy atom. The van der Waals surface area contributed by atoms with Crippen LogP contribution in [0.25, 0.3) is 0 Å². The second kappa shape index (κ2) is 4.65. The first kappa shape index (κ1) is 9.87. The molecular weight excluding hydrogens is 172 g/mol. The van der Waals surface area contributed by atoms with E-state index in [0.717, 1.165) is 5.41 Å². The molecule has 0 unspecified atom stereocenters. The zero-order valence-corrected chi connectivity index (χ0v) is 15.3. The molecule has 0 bridgehead atoms. The minimum absolute atomic E-state index is 0.914. The summed E-state index contributed by atoms with van der Waals surface area (Å²) in [5.41, 5.74) is 0.914.